The highest BCUT2D eigenvalue weighted by molar-refractivity contribution is 6.01. The Labute approximate surface area is 107 Å². The Morgan fingerprint density at radius 3 is 2.67 bits per heavy atom. The largest absolute Gasteiger partial charge is 0.496 e. The van der Waals surface area contributed by atoms with Crippen molar-refractivity contribution < 1.29 is 4.74 Å². The van der Waals surface area contributed by atoms with Crippen LogP contribution in [0.15, 0.2) is 42.6 Å². The number of pyridine rings is 1. The fraction of sp³-hybridized carbons (Fsp3) is 0.200. The van der Waals surface area contributed by atoms with Crippen LogP contribution in [-0.4, -0.2) is 17.8 Å². The van der Waals surface area contributed by atoms with Gasteiger partial charge in [0.1, 0.15) is 5.75 Å². The maximum atomic E-state index is 8.16. The molecule has 92 valence electrons. The summed E-state index contributed by atoms with van der Waals surface area (Å²) in [5.41, 5.74) is 3.40. The number of para-hydroxylation sites is 1. The second-order valence-electron chi connectivity index (χ2n) is 4.16. The molecule has 2 aromatic rings. The first kappa shape index (κ1) is 12.3. The molecule has 0 amide bonds. The Balaban J connectivity index is 2.19. The fourth-order valence-electron chi connectivity index (χ4n) is 1.80. The molecule has 1 N–H and O–H groups in total. The van der Waals surface area contributed by atoms with E-state index in [0.717, 1.165) is 22.6 Å². The molecule has 0 bridgehead atoms. The molecule has 0 aliphatic rings. The van der Waals surface area contributed by atoms with Crippen LogP contribution in [0.5, 0.6) is 5.75 Å². The number of methoxy groups -OCH3 is 1. The number of nitrogens with one attached hydrogen (secondary N) is 1. The van der Waals surface area contributed by atoms with E-state index in [1.807, 2.05) is 49.5 Å². The van der Waals surface area contributed by atoms with Crippen molar-refractivity contribution in [2.45, 2.75) is 13.3 Å². The molecular formula is C15H16N2O. The minimum absolute atomic E-state index is 0.540. The van der Waals surface area contributed by atoms with E-state index >= 15 is 0 Å². The van der Waals surface area contributed by atoms with E-state index in [4.69, 9.17) is 10.1 Å². The highest BCUT2D eigenvalue weighted by Crippen LogP contribution is 2.19. The Morgan fingerprint density at radius 1 is 1.22 bits per heavy atom. The second-order valence-corrected chi connectivity index (χ2v) is 4.16. The van der Waals surface area contributed by atoms with Crippen molar-refractivity contribution in [1.29, 1.82) is 5.41 Å². The van der Waals surface area contributed by atoms with Gasteiger partial charge in [0.15, 0.2) is 0 Å². The van der Waals surface area contributed by atoms with Crippen molar-refractivity contribution in [1.82, 2.24) is 4.98 Å². The van der Waals surface area contributed by atoms with Gasteiger partial charge in [-0.15, -0.1) is 0 Å². The van der Waals surface area contributed by atoms with Gasteiger partial charge >= 0.3 is 0 Å². The quantitative estimate of drug-likeness (QED) is 0.835. The van der Waals surface area contributed by atoms with Crippen LogP contribution in [0.25, 0.3) is 0 Å². The van der Waals surface area contributed by atoms with E-state index in [9.17, 15) is 0 Å². The summed E-state index contributed by atoms with van der Waals surface area (Å²) in [7, 11) is 1.62. The standard InChI is InChI=1S/C15H16N2O/c1-11-7-8-12(10-17-11)9-14(16)13-5-3-4-6-15(13)18-2/h3-8,10,16H,9H2,1-2H3. The Hall–Kier alpha value is -2.16. The number of aromatic nitrogens is 1. The molecular weight excluding hydrogens is 224 g/mol. The van der Waals surface area contributed by atoms with E-state index in [1.54, 1.807) is 7.11 Å². The third-order valence-electron chi connectivity index (χ3n) is 2.79. The van der Waals surface area contributed by atoms with Gasteiger partial charge in [-0.25, -0.2) is 0 Å². The zero-order chi connectivity index (χ0) is 13.0. The molecule has 0 atom stereocenters. The molecule has 0 aliphatic heterocycles. The van der Waals surface area contributed by atoms with E-state index in [-0.39, 0.29) is 0 Å². The van der Waals surface area contributed by atoms with Crippen molar-refractivity contribution in [3.8, 4) is 5.75 Å². The summed E-state index contributed by atoms with van der Waals surface area (Å²) in [5.74, 6) is 0.738. The molecule has 3 heteroatoms. The maximum Gasteiger partial charge on any atom is 0.127 e. The first-order chi connectivity index (χ1) is 8.70. The van der Waals surface area contributed by atoms with Crippen LogP contribution >= 0.6 is 0 Å². The summed E-state index contributed by atoms with van der Waals surface area (Å²) in [4.78, 5) is 4.24. The normalized spacial score (nSPS) is 10.1. The molecule has 0 radical (unpaired) electrons. The second kappa shape index (κ2) is 5.45. The average Bonchev–Trinajstić information content (AvgIpc) is 2.41. The molecule has 0 unspecified atom stereocenters. The number of nitrogens with zero attached hydrogens (tertiary/aromatic N) is 1. The first-order valence-corrected chi connectivity index (χ1v) is 5.83. The van der Waals surface area contributed by atoms with E-state index < -0.39 is 0 Å². The van der Waals surface area contributed by atoms with Gasteiger partial charge in [0.05, 0.1) is 7.11 Å². The van der Waals surface area contributed by atoms with Crippen LogP contribution in [0, 0.1) is 12.3 Å². The minimum Gasteiger partial charge on any atom is -0.496 e. The molecule has 1 heterocycles. The van der Waals surface area contributed by atoms with Gasteiger partial charge in [-0.05, 0) is 30.7 Å². The van der Waals surface area contributed by atoms with E-state index in [2.05, 4.69) is 4.98 Å². The van der Waals surface area contributed by atoms with Crippen molar-refractivity contribution in [2.24, 2.45) is 0 Å². The average molecular weight is 240 g/mol. The maximum absolute atomic E-state index is 8.16. The monoisotopic (exact) mass is 240 g/mol. The zero-order valence-corrected chi connectivity index (χ0v) is 10.6. The van der Waals surface area contributed by atoms with Gasteiger partial charge in [-0.3, -0.25) is 4.98 Å². The molecule has 2 rings (SSSR count). The molecule has 0 spiro atoms. The van der Waals surface area contributed by atoms with Crippen molar-refractivity contribution in [2.75, 3.05) is 7.11 Å². The Kier molecular flexibility index (Phi) is 3.72. The van der Waals surface area contributed by atoms with Crippen LogP contribution in [0.4, 0.5) is 0 Å². The zero-order valence-electron chi connectivity index (χ0n) is 10.6. The topological polar surface area (TPSA) is 46.0 Å². The number of hydrogen-bond donors (Lipinski definition) is 1. The molecule has 0 aliphatic carbocycles. The first-order valence-electron chi connectivity index (χ1n) is 5.83. The van der Waals surface area contributed by atoms with Crippen LogP contribution in [-0.2, 0) is 6.42 Å². The molecule has 18 heavy (non-hydrogen) atoms. The lowest BCUT2D eigenvalue weighted by atomic mass is 10.0. The Morgan fingerprint density at radius 2 is 2.00 bits per heavy atom. The highest BCUT2D eigenvalue weighted by atomic mass is 16.5. The summed E-state index contributed by atoms with van der Waals surface area (Å²) in [5, 5.41) is 8.16. The van der Waals surface area contributed by atoms with Gasteiger partial charge in [-0.1, -0.05) is 18.2 Å². The smallest absolute Gasteiger partial charge is 0.127 e. The van der Waals surface area contributed by atoms with Crippen molar-refractivity contribution >= 4 is 5.71 Å². The predicted octanol–water partition coefficient (Wildman–Crippen LogP) is 3.01. The molecule has 3 nitrogen and oxygen atoms in total. The lowest BCUT2D eigenvalue weighted by Gasteiger charge is -2.09. The number of benzene rings is 1. The lowest BCUT2D eigenvalue weighted by Crippen LogP contribution is -2.06. The van der Waals surface area contributed by atoms with E-state index in [1.165, 1.54) is 0 Å². The molecule has 0 saturated carbocycles. The van der Waals surface area contributed by atoms with Crippen molar-refractivity contribution in [3.05, 3.63) is 59.4 Å². The summed E-state index contributed by atoms with van der Waals surface area (Å²) < 4.78 is 5.27. The predicted molar refractivity (Wildman–Crippen MR) is 72.5 cm³/mol. The molecule has 0 saturated heterocycles. The van der Waals surface area contributed by atoms with Crippen LogP contribution < -0.4 is 4.74 Å². The fourth-order valence-corrected chi connectivity index (χ4v) is 1.80. The minimum atomic E-state index is 0.540. The summed E-state index contributed by atoms with van der Waals surface area (Å²) >= 11 is 0. The van der Waals surface area contributed by atoms with Crippen molar-refractivity contribution in [3.63, 3.8) is 0 Å². The van der Waals surface area contributed by atoms with Crippen LogP contribution in [0.1, 0.15) is 16.8 Å². The molecule has 1 aromatic heterocycles. The lowest BCUT2D eigenvalue weighted by molar-refractivity contribution is 0.414. The third-order valence-corrected chi connectivity index (χ3v) is 2.79. The number of hydrogen-bond acceptors (Lipinski definition) is 3. The van der Waals surface area contributed by atoms with Crippen LogP contribution in [0.2, 0.25) is 0 Å². The van der Waals surface area contributed by atoms with Gasteiger partial charge in [0.25, 0.3) is 0 Å². The summed E-state index contributed by atoms with van der Waals surface area (Å²) in [6, 6.07) is 11.6. The van der Waals surface area contributed by atoms with E-state index in [0.29, 0.717) is 12.1 Å². The number of rotatable bonds is 4. The molecule has 0 fully saturated rings. The third kappa shape index (κ3) is 2.74. The SMILES string of the molecule is COc1ccccc1C(=N)Cc1ccc(C)nc1. The van der Waals surface area contributed by atoms with Gasteiger partial charge in [0, 0.05) is 29.6 Å². The van der Waals surface area contributed by atoms with Gasteiger partial charge in [0.2, 0.25) is 0 Å². The number of ether oxygens (including phenoxy) is 1. The summed E-state index contributed by atoms with van der Waals surface area (Å²) in [6.45, 7) is 1.95. The Bertz CT molecular complexity index is 547. The van der Waals surface area contributed by atoms with Gasteiger partial charge in [-0.2, -0.15) is 0 Å². The number of aryl methyl sites for hydroxylation is 1. The highest BCUT2D eigenvalue weighted by Gasteiger charge is 2.08. The summed E-state index contributed by atoms with van der Waals surface area (Å²) in [6.07, 6.45) is 2.38. The molecule has 1 aromatic carbocycles. The van der Waals surface area contributed by atoms with Gasteiger partial charge < -0.3 is 10.1 Å². The van der Waals surface area contributed by atoms with Crippen LogP contribution in [0.3, 0.4) is 0 Å².